The van der Waals surface area contributed by atoms with Crippen LogP contribution in [0.25, 0.3) is 10.8 Å². The highest BCUT2D eigenvalue weighted by Crippen LogP contribution is 2.25. The summed E-state index contributed by atoms with van der Waals surface area (Å²) >= 11 is 1.41. The lowest BCUT2D eigenvalue weighted by atomic mass is 10.4. The maximum Gasteiger partial charge on any atom is 0.169 e. The third-order valence-electron chi connectivity index (χ3n) is 1.86. The lowest BCUT2D eigenvalue weighted by Gasteiger charge is -1.88. The van der Waals surface area contributed by atoms with Crippen molar-refractivity contribution in [1.82, 2.24) is 4.98 Å². The van der Waals surface area contributed by atoms with Gasteiger partial charge >= 0.3 is 0 Å². The van der Waals surface area contributed by atoms with Gasteiger partial charge in [0.25, 0.3) is 0 Å². The number of nitrogens with zero attached hydrogens (tertiary/aromatic N) is 1. The molecule has 3 nitrogen and oxygen atoms in total. The fourth-order valence-corrected chi connectivity index (χ4v) is 1.86. The lowest BCUT2D eigenvalue weighted by molar-refractivity contribution is 0.111. The van der Waals surface area contributed by atoms with Gasteiger partial charge in [0.2, 0.25) is 0 Å². The van der Waals surface area contributed by atoms with E-state index < -0.39 is 0 Å². The summed E-state index contributed by atoms with van der Waals surface area (Å²) in [6.45, 7) is 2.03. The van der Waals surface area contributed by atoms with Crippen molar-refractivity contribution in [2.45, 2.75) is 13.3 Å². The SMILES string of the molecule is CCc1ccc(-c2nc(C=O)cs2)o1. The first-order valence-electron chi connectivity index (χ1n) is 4.33. The topological polar surface area (TPSA) is 43.1 Å². The highest BCUT2D eigenvalue weighted by molar-refractivity contribution is 7.13. The maximum absolute atomic E-state index is 10.4. The Hall–Kier alpha value is -1.42. The minimum absolute atomic E-state index is 0.458. The van der Waals surface area contributed by atoms with Crippen LogP contribution < -0.4 is 0 Å². The highest BCUT2D eigenvalue weighted by atomic mass is 32.1. The van der Waals surface area contributed by atoms with Gasteiger partial charge in [-0.2, -0.15) is 0 Å². The Morgan fingerprint density at radius 2 is 2.43 bits per heavy atom. The zero-order valence-electron chi connectivity index (χ0n) is 7.69. The standard InChI is InChI=1S/C10H9NO2S/c1-2-8-3-4-9(13-8)10-11-7(5-12)6-14-10/h3-6H,2H2,1H3. The molecule has 0 N–H and O–H groups in total. The van der Waals surface area contributed by atoms with E-state index in [9.17, 15) is 4.79 Å². The molecule has 72 valence electrons. The molecule has 2 heterocycles. The first-order chi connectivity index (χ1) is 6.83. The first-order valence-corrected chi connectivity index (χ1v) is 5.21. The monoisotopic (exact) mass is 207 g/mol. The number of aldehydes is 1. The van der Waals surface area contributed by atoms with Crippen molar-refractivity contribution in [2.24, 2.45) is 0 Å². The molecule has 0 saturated carbocycles. The van der Waals surface area contributed by atoms with E-state index in [-0.39, 0.29) is 0 Å². The molecule has 0 aliphatic rings. The molecule has 2 aromatic heterocycles. The van der Waals surface area contributed by atoms with Crippen LogP contribution >= 0.6 is 11.3 Å². The summed E-state index contributed by atoms with van der Waals surface area (Å²) in [7, 11) is 0. The van der Waals surface area contributed by atoms with Crippen molar-refractivity contribution in [1.29, 1.82) is 0 Å². The average molecular weight is 207 g/mol. The summed E-state index contributed by atoms with van der Waals surface area (Å²) in [5, 5.41) is 2.48. The van der Waals surface area contributed by atoms with Crippen LogP contribution in [0.15, 0.2) is 21.9 Å². The fourth-order valence-electron chi connectivity index (χ4n) is 1.14. The smallest absolute Gasteiger partial charge is 0.169 e. The minimum Gasteiger partial charge on any atom is -0.459 e. The Balaban J connectivity index is 2.33. The predicted molar refractivity (Wildman–Crippen MR) is 54.6 cm³/mol. The van der Waals surface area contributed by atoms with Crippen molar-refractivity contribution < 1.29 is 9.21 Å². The van der Waals surface area contributed by atoms with Crippen LogP contribution in [0, 0.1) is 0 Å². The van der Waals surface area contributed by atoms with E-state index in [2.05, 4.69) is 4.98 Å². The number of aryl methyl sites for hydroxylation is 1. The van der Waals surface area contributed by atoms with Crippen LogP contribution in [0.2, 0.25) is 0 Å². The van der Waals surface area contributed by atoms with Crippen molar-refractivity contribution in [3.05, 3.63) is 29.0 Å². The Labute approximate surface area is 85.4 Å². The number of hydrogen-bond donors (Lipinski definition) is 0. The van der Waals surface area contributed by atoms with Gasteiger partial charge in [-0.25, -0.2) is 4.98 Å². The van der Waals surface area contributed by atoms with E-state index in [0.717, 1.165) is 29.2 Å². The second-order valence-electron chi connectivity index (χ2n) is 2.81. The molecule has 0 fully saturated rings. The number of carbonyl (C=O) groups is 1. The normalized spacial score (nSPS) is 10.4. The van der Waals surface area contributed by atoms with Crippen molar-refractivity contribution in [2.75, 3.05) is 0 Å². The molecule has 0 radical (unpaired) electrons. The van der Waals surface area contributed by atoms with E-state index in [0.29, 0.717) is 5.69 Å². The van der Waals surface area contributed by atoms with Crippen molar-refractivity contribution in [3.8, 4) is 10.8 Å². The third-order valence-corrected chi connectivity index (χ3v) is 2.74. The highest BCUT2D eigenvalue weighted by Gasteiger charge is 2.07. The predicted octanol–water partition coefficient (Wildman–Crippen LogP) is 2.78. The summed E-state index contributed by atoms with van der Waals surface area (Å²) < 4.78 is 5.51. The third kappa shape index (κ3) is 1.61. The zero-order valence-corrected chi connectivity index (χ0v) is 8.50. The van der Waals surface area contributed by atoms with Crippen molar-refractivity contribution in [3.63, 3.8) is 0 Å². The molecule has 0 saturated heterocycles. The van der Waals surface area contributed by atoms with Gasteiger partial charge in [-0.15, -0.1) is 11.3 Å². The molecular weight excluding hydrogens is 198 g/mol. The summed E-state index contributed by atoms with van der Waals surface area (Å²) in [6, 6.07) is 3.81. The molecular formula is C10H9NO2S. The van der Waals surface area contributed by atoms with Gasteiger partial charge < -0.3 is 4.42 Å². The molecule has 0 atom stereocenters. The summed E-state index contributed by atoms with van der Waals surface area (Å²) in [5.74, 6) is 1.67. The van der Waals surface area contributed by atoms with Crippen LogP contribution in [0.3, 0.4) is 0 Å². The number of rotatable bonds is 3. The first kappa shape index (κ1) is 9.15. The molecule has 2 rings (SSSR count). The van der Waals surface area contributed by atoms with Crippen LogP contribution in [0.4, 0.5) is 0 Å². The molecule has 2 aromatic rings. The van der Waals surface area contributed by atoms with Gasteiger partial charge in [0.1, 0.15) is 11.5 Å². The van der Waals surface area contributed by atoms with E-state index in [1.807, 2.05) is 19.1 Å². The molecule has 0 aromatic carbocycles. The molecule has 0 bridgehead atoms. The zero-order chi connectivity index (χ0) is 9.97. The van der Waals surface area contributed by atoms with Gasteiger partial charge in [0, 0.05) is 11.8 Å². The van der Waals surface area contributed by atoms with Crippen LogP contribution in [0.1, 0.15) is 23.2 Å². The van der Waals surface area contributed by atoms with Gasteiger partial charge in [0.15, 0.2) is 17.1 Å². The Kier molecular flexibility index (Phi) is 2.45. The summed E-state index contributed by atoms with van der Waals surface area (Å²) in [5.41, 5.74) is 0.458. The second kappa shape index (κ2) is 3.75. The lowest BCUT2D eigenvalue weighted by Crippen LogP contribution is -1.78. The van der Waals surface area contributed by atoms with Crippen molar-refractivity contribution >= 4 is 17.6 Å². The van der Waals surface area contributed by atoms with Crippen LogP contribution in [0.5, 0.6) is 0 Å². The molecule has 0 unspecified atom stereocenters. The molecule has 14 heavy (non-hydrogen) atoms. The minimum atomic E-state index is 0.458. The van der Waals surface area contributed by atoms with Gasteiger partial charge in [-0.05, 0) is 12.1 Å². The summed E-state index contributed by atoms with van der Waals surface area (Å²) in [6.07, 6.45) is 1.61. The Bertz CT molecular complexity index is 444. The van der Waals surface area contributed by atoms with Gasteiger partial charge in [-0.1, -0.05) is 6.92 Å². The van der Waals surface area contributed by atoms with E-state index >= 15 is 0 Å². The van der Waals surface area contributed by atoms with Gasteiger partial charge in [0.05, 0.1) is 0 Å². The molecule has 0 aliphatic carbocycles. The van der Waals surface area contributed by atoms with E-state index in [4.69, 9.17) is 4.42 Å². The fraction of sp³-hybridized carbons (Fsp3) is 0.200. The molecule has 0 spiro atoms. The van der Waals surface area contributed by atoms with E-state index in [1.54, 1.807) is 5.38 Å². The number of aromatic nitrogens is 1. The largest absolute Gasteiger partial charge is 0.459 e. The molecule has 0 aliphatic heterocycles. The number of hydrogen-bond acceptors (Lipinski definition) is 4. The number of carbonyl (C=O) groups excluding carboxylic acids is 1. The quantitative estimate of drug-likeness (QED) is 0.727. The molecule has 4 heteroatoms. The molecule has 0 amide bonds. The Morgan fingerprint density at radius 3 is 3.00 bits per heavy atom. The van der Waals surface area contributed by atoms with Crippen LogP contribution in [-0.4, -0.2) is 11.3 Å². The maximum atomic E-state index is 10.4. The van der Waals surface area contributed by atoms with Crippen LogP contribution in [-0.2, 0) is 6.42 Å². The number of thiazole rings is 1. The van der Waals surface area contributed by atoms with Gasteiger partial charge in [-0.3, -0.25) is 4.79 Å². The Morgan fingerprint density at radius 1 is 1.57 bits per heavy atom. The number of furan rings is 1. The average Bonchev–Trinajstić information content (AvgIpc) is 2.86. The summed E-state index contributed by atoms with van der Waals surface area (Å²) in [4.78, 5) is 14.5. The van der Waals surface area contributed by atoms with E-state index in [1.165, 1.54) is 11.3 Å². The second-order valence-corrected chi connectivity index (χ2v) is 3.67.